The summed E-state index contributed by atoms with van der Waals surface area (Å²) in [6.45, 7) is 5.79. The number of nitrogens with zero attached hydrogens (tertiary/aromatic N) is 1. The Morgan fingerprint density at radius 2 is 1.70 bits per heavy atom. The van der Waals surface area contributed by atoms with Crippen molar-refractivity contribution < 1.29 is 9.59 Å². The molecule has 1 aliphatic heterocycles. The molecule has 27 heavy (non-hydrogen) atoms. The van der Waals surface area contributed by atoms with Crippen LogP contribution in [0.1, 0.15) is 24.0 Å². The molecule has 0 saturated carbocycles. The predicted molar refractivity (Wildman–Crippen MR) is 109 cm³/mol. The number of aryl methyl sites for hydroxylation is 2. The number of likely N-dealkylation sites (tertiary alicyclic amines) is 1. The third-order valence-corrected chi connectivity index (χ3v) is 4.79. The number of carbonyl (C=O) groups is 2. The number of piperidine rings is 1. The summed E-state index contributed by atoms with van der Waals surface area (Å²) in [7, 11) is 0. The average Bonchev–Trinajstić information content (AvgIpc) is 2.61. The van der Waals surface area contributed by atoms with Gasteiger partial charge in [-0.2, -0.15) is 0 Å². The van der Waals surface area contributed by atoms with Crippen molar-refractivity contribution in [2.24, 2.45) is 5.92 Å². The molecule has 2 amide bonds. The standard InChI is InChI=1S/C22H27N3O2/c1-16-11-17(2)13-20(12-16)23-21(26)15-25-10-6-7-18(14-25)22(27)24-19-8-4-3-5-9-19/h3-5,8-9,11-13,18H,6-7,10,14-15H2,1-2H3,(H,23,26)(H,24,27)/t18-/m1/s1. The second kappa shape index (κ2) is 8.82. The average molecular weight is 365 g/mol. The van der Waals surface area contributed by atoms with E-state index in [1.807, 2.05) is 56.3 Å². The number of carbonyl (C=O) groups excluding carboxylic acids is 2. The molecule has 1 fully saturated rings. The van der Waals surface area contributed by atoms with E-state index in [2.05, 4.69) is 21.6 Å². The zero-order valence-electron chi connectivity index (χ0n) is 16.0. The van der Waals surface area contributed by atoms with Gasteiger partial charge in [-0.15, -0.1) is 0 Å². The fourth-order valence-corrected chi connectivity index (χ4v) is 3.63. The number of hydrogen-bond acceptors (Lipinski definition) is 3. The van der Waals surface area contributed by atoms with E-state index < -0.39 is 0 Å². The van der Waals surface area contributed by atoms with Gasteiger partial charge < -0.3 is 10.6 Å². The van der Waals surface area contributed by atoms with E-state index in [9.17, 15) is 9.59 Å². The van der Waals surface area contributed by atoms with Gasteiger partial charge in [0.15, 0.2) is 0 Å². The summed E-state index contributed by atoms with van der Waals surface area (Å²) in [5.41, 5.74) is 3.89. The largest absolute Gasteiger partial charge is 0.326 e. The minimum Gasteiger partial charge on any atom is -0.326 e. The molecule has 1 atom stereocenters. The van der Waals surface area contributed by atoms with Gasteiger partial charge in [0, 0.05) is 17.9 Å². The maximum atomic E-state index is 12.5. The summed E-state index contributed by atoms with van der Waals surface area (Å²) in [5, 5.41) is 5.95. The summed E-state index contributed by atoms with van der Waals surface area (Å²) in [6, 6.07) is 15.5. The second-order valence-electron chi connectivity index (χ2n) is 7.35. The Hall–Kier alpha value is -2.66. The third-order valence-electron chi connectivity index (χ3n) is 4.79. The second-order valence-corrected chi connectivity index (χ2v) is 7.35. The van der Waals surface area contributed by atoms with Crippen LogP contribution in [0.4, 0.5) is 11.4 Å². The molecule has 1 heterocycles. The van der Waals surface area contributed by atoms with Crippen LogP contribution in [0.2, 0.25) is 0 Å². The highest BCUT2D eigenvalue weighted by Crippen LogP contribution is 2.19. The van der Waals surface area contributed by atoms with E-state index in [-0.39, 0.29) is 17.7 Å². The summed E-state index contributed by atoms with van der Waals surface area (Å²) in [6.07, 6.45) is 1.78. The van der Waals surface area contributed by atoms with Crippen LogP contribution in [0.3, 0.4) is 0 Å². The van der Waals surface area contributed by atoms with E-state index in [1.165, 1.54) is 0 Å². The Morgan fingerprint density at radius 1 is 1.00 bits per heavy atom. The van der Waals surface area contributed by atoms with Crippen molar-refractivity contribution in [2.45, 2.75) is 26.7 Å². The van der Waals surface area contributed by atoms with E-state index in [0.717, 1.165) is 41.9 Å². The van der Waals surface area contributed by atoms with Crippen molar-refractivity contribution in [1.82, 2.24) is 4.90 Å². The molecule has 1 aliphatic rings. The maximum absolute atomic E-state index is 12.5. The summed E-state index contributed by atoms with van der Waals surface area (Å²) >= 11 is 0. The van der Waals surface area contributed by atoms with Gasteiger partial charge in [0.05, 0.1) is 12.5 Å². The molecular weight excluding hydrogens is 338 g/mol. The molecule has 0 bridgehead atoms. The quantitative estimate of drug-likeness (QED) is 0.851. The fraction of sp³-hybridized carbons (Fsp3) is 0.364. The molecule has 2 N–H and O–H groups in total. The lowest BCUT2D eigenvalue weighted by molar-refractivity contribution is -0.123. The molecule has 0 spiro atoms. The van der Waals surface area contributed by atoms with Crippen molar-refractivity contribution in [1.29, 1.82) is 0 Å². The van der Waals surface area contributed by atoms with Crippen molar-refractivity contribution >= 4 is 23.2 Å². The lowest BCUT2D eigenvalue weighted by Crippen LogP contribution is -2.44. The number of rotatable bonds is 5. The van der Waals surface area contributed by atoms with E-state index in [1.54, 1.807) is 0 Å². The van der Waals surface area contributed by atoms with Crippen molar-refractivity contribution in [3.63, 3.8) is 0 Å². The van der Waals surface area contributed by atoms with Gasteiger partial charge in [0.25, 0.3) is 0 Å². The Bertz CT molecular complexity index is 784. The van der Waals surface area contributed by atoms with Gasteiger partial charge in [0.2, 0.25) is 11.8 Å². The fourth-order valence-electron chi connectivity index (χ4n) is 3.63. The van der Waals surface area contributed by atoms with Crippen LogP contribution in [0.25, 0.3) is 0 Å². The topological polar surface area (TPSA) is 61.4 Å². The summed E-state index contributed by atoms with van der Waals surface area (Å²) in [4.78, 5) is 27.0. The normalized spacial score (nSPS) is 17.3. The summed E-state index contributed by atoms with van der Waals surface area (Å²) < 4.78 is 0. The molecule has 142 valence electrons. The van der Waals surface area contributed by atoms with Crippen LogP contribution >= 0.6 is 0 Å². The first-order chi connectivity index (χ1) is 13.0. The molecule has 0 aromatic heterocycles. The lowest BCUT2D eigenvalue weighted by Gasteiger charge is -2.31. The molecule has 0 aliphatic carbocycles. The Kier molecular flexibility index (Phi) is 6.24. The Morgan fingerprint density at radius 3 is 2.41 bits per heavy atom. The molecule has 5 heteroatoms. The van der Waals surface area contributed by atoms with Gasteiger partial charge in [-0.25, -0.2) is 0 Å². The van der Waals surface area contributed by atoms with Crippen molar-refractivity contribution in [3.05, 3.63) is 59.7 Å². The van der Waals surface area contributed by atoms with Crippen LogP contribution < -0.4 is 10.6 Å². The highest BCUT2D eigenvalue weighted by molar-refractivity contribution is 5.93. The number of nitrogens with one attached hydrogen (secondary N) is 2. The zero-order valence-corrected chi connectivity index (χ0v) is 16.0. The maximum Gasteiger partial charge on any atom is 0.238 e. The number of para-hydroxylation sites is 1. The minimum absolute atomic E-state index is 0.0283. The van der Waals surface area contributed by atoms with Crippen molar-refractivity contribution in [2.75, 3.05) is 30.3 Å². The van der Waals surface area contributed by atoms with Gasteiger partial charge >= 0.3 is 0 Å². The molecule has 2 aromatic carbocycles. The van der Waals surface area contributed by atoms with Gasteiger partial charge in [-0.05, 0) is 68.6 Å². The number of anilines is 2. The first-order valence-corrected chi connectivity index (χ1v) is 9.46. The smallest absolute Gasteiger partial charge is 0.238 e. The highest BCUT2D eigenvalue weighted by atomic mass is 16.2. The molecule has 2 aromatic rings. The van der Waals surface area contributed by atoms with Crippen LogP contribution in [0.15, 0.2) is 48.5 Å². The molecule has 0 unspecified atom stereocenters. The SMILES string of the molecule is Cc1cc(C)cc(NC(=O)CN2CCC[C@@H](C(=O)Nc3ccccc3)C2)c1. The molecule has 3 rings (SSSR count). The Balaban J connectivity index is 1.53. The van der Waals surface area contributed by atoms with Gasteiger partial charge in [-0.1, -0.05) is 24.3 Å². The first kappa shape index (κ1) is 19.1. The summed E-state index contributed by atoms with van der Waals surface area (Å²) in [5.74, 6) is -0.0993. The van der Waals surface area contributed by atoms with E-state index in [0.29, 0.717) is 13.1 Å². The van der Waals surface area contributed by atoms with Crippen LogP contribution in [0.5, 0.6) is 0 Å². The lowest BCUT2D eigenvalue weighted by atomic mass is 9.97. The number of hydrogen-bond donors (Lipinski definition) is 2. The highest BCUT2D eigenvalue weighted by Gasteiger charge is 2.26. The van der Waals surface area contributed by atoms with Gasteiger partial charge in [0.1, 0.15) is 0 Å². The van der Waals surface area contributed by atoms with Crippen molar-refractivity contribution in [3.8, 4) is 0 Å². The zero-order chi connectivity index (χ0) is 19.2. The van der Waals surface area contributed by atoms with Gasteiger partial charge in [-0.3, -0.25) is 14.5 Å². The molecule has 5 nitrogen and oxygen atoms in total. The first-order valence-electron chi connectivity index (χ1n) is 9.46. The molecule has 1 saturated heterocycles. The van der Waals surface area contributed by atoms with Crippen LogP contribution in [-0.4, -0.2) is 36.3 Å². The number of amides is 2. The molecule has 0 radical (unpaired) electrons. The monoisotopic (exact) mass is 365 g/mol. The van der Waals surface area contributed by atoms with E-state index in [4.69, 9.17) is 0 Å². The predicted octanol–water partition coefficient (Wildman–Crippen LogP) is 3.59. The molecular formula is C22H27N3O2. The minimum atomic E-state index is -0.0898. The third kappa shape index (κ3) is 5.66. The number of benzene rings is 2. The van der Waals surface area contributed by atoms with E-state index >= 15 is 0 Å². The van der Waals surface area contributed by atoms with Crippen LogP contribution in [-0.2, 0) is 9.59 Å². The van der Waals surface area contributed by atoms with Crippen LogP contribution in [0, 0.1) is 19.8 Å². The Labute approximate surface area is 160 Å².